The molecule has 0 saturated carbocycles. The molecule has 2 rings (SSSR count). The number of nitrogens with one attached hydrogen (secondary N) is 3. The number of aromatic hydroxyl groups is 1. The smallest absolute Gasteiger partial charge is 0.325 e. The van der Waals surface area contributed by atoms with Crippen molar-refractivity contribution < 1.29 is 23.1 Å². The maximum Gasteiger partial charge on any atom is 0.325 e. The summed E-state index contributed by atoms with van der Waals surface area (Å²) < 4.78 is 32.8. The van der Waals surface area contributed by atoms with Gasteiger partial charge in [-0.2, -0.15) is 0 Å². The minimum atomic E-state index is -4.03. The van der Waals surface area contributed by atoms with Crippen LogP contribution in [0.1, 0.15) is 43.4 Å². The van der Waals surface area contributed by atoms with Gasteiger partial charge in [0.1, 0.15) is 23.0 Å². The van der Waals surface area contributed by atoms with Crippen molar-refractivity contribution in [2.45, 2.75) is 38.0 Å². The van der Waals surface area contributed by atoms with Crippen LogP contribution in [0.25, 0.3) is 0 Å². The van der Waals surface area contributed by atoms with E-state index < -0.39 is 15.8 Å². The first-order valence-corrected chi connectivity index (χ1v) is 11.7. The van der Waals surface area contributed by atoms with Crippen LogP contribution in [-0.2, 0) is 26.0 Å². The Kier molecular flexibility index (Phi) is 8.62. The minimum Gasteiger partial charge on any atom is -0.507 e. The lowest BCUT2D eigenvalue weighted by molar-refractivity contribution is -0.140. The number of hydrogen-bond acceptors (Lipinski definition) is 7. The Morgan fingerprint density at radius 2 is 1.94 bits per heavy atom. The van der Waals surface area contributed by atoms with E-state index in [0.29, 0.717) is 13.0 Å². The predicted molar refractivity (Wildman–Crippen MR) is 124 cm³/mol. The first-order valence-electron chi connectivity index (χ1n) is 10.2. The number of carbonyl (C=O) groups excluding carboxylic acids is 1. The third-order valence-electron chi connectivity index (χ3n) is 4.78. The molecule has 0 spiro atoms. The van der Waals surface area contributed by atoms with Gasteiger partial charge >= 0.3 is 5.97 Å². The summed E-state index contributed by atoms with van der Waals surface area (Å²) in [5, 5.41) is 20.5. The SMILES string of the molecule is CCOC(=O)CNc1cc(C(C)C)ccc1CCNS(=O)(=O)c1cc(C(=N)N)ccc1O. The summed E-state index contributed by atoms with van der Waals surface area (Å²) >= 11 is 0. The molecule has 0 aromatic heterocycles. The number of hydrogen-bond donors (Lipinski definition) is 5. The standard InChI is InChI=1S/C22H30N4O5S/c1-4-31-21(28)13-25-18-11-16(14(2)3)6-5-15(18)9-10-26-32(29,30)20-12-17(22(23)24)7-8-19(20)27/h5-8,11-12,14,25-27H,4,9-10,13H2,1-3H3,(H3,23,24). The first kappa shape index (κ1) is 25.2. The number of ether oxygens (including phenoxy) is 1. The third-order valence-corrected chi connectivity index (χ3v) is 6.27. The fourth-order valence-electron chi connectivity index (χ4n) is 3.01. The molecule has 0 bridgehead atoms. The van der Waals surface area contributed by atoms with Crippen LogP contribution >= 0.6 is 0 Å². The zero-order valence-electron chi connectivity index (χ0n) is 18.4. The second-order valence-electron chi connectivity index (χ2n) is 7.47. The van der Waals surface area contributed by atoms with E-state index in [1.54, 1.807) is 6.92 Å². The molecule has 0 amide bonds. The summed E-state index contributed by atoms with van der Waals surface area (Å²) in [5.74, 6) is -0.832. The number of phenols is 1. The first-order chi connectivity index (χ1) is 15.0. The fourth-order valence-corrected chi connectivity index (χ4v) is 4.16. The van der Waals surface area contributed by atoms with Crippen molar-refractivity contribution in [3.05, 3.63) is 53.1 Å². The van der Waals surface area contributed by atoms with Crippen LogP contribution in [0.4, 0.5) is 5.69 Å². The number of nitrogens with two attached hydrogens (primary N) is 1. The zero-order valence-corrected chi connectivity index (χ0v) is 19.3. The van der Waals surface area contributed by atoms with Crippen LogP contribution < -0.4 is 15.8 Å². The topological polar surface area (TPSA) is 155 Å². The van der Waals surface area contributed by atoms with Crippen molar-refractivity contribution in [3.63, 3.8) is 0 Å². The molecule has 0 atom stereocenters. The van der Waals surface area contributed by atoms with E-state index in [0.717, 1.165) is 22.9 Å². The van der Waals surface area contributed by atoms with Gasteiger partial charge in [-0.15, -0.1) is 0 Å². The summed E-state index contributed by atoms with van der Waals surface area (Å²) in [7, 11) is -4.03. The van der Waals surface area contributed by atoms with Gasteiger partial charge in [-0.05, 0) is 54.7 Å². The highest BCUT2D eigenvalue weighted by atomic mass is 32.2. The Labute approximate surface area is 188 Å². The van der Waals surface area contributed by atoms with E-state index in [-0.39, 0.29) is 41.3 Å². The number of sulfonamides is 1. The summed E-state index contributed by atoms with van der Waals surface area (Å²) in [5.41, 5.74) is 8.23. The summed E-state index contributed by atoms with van der Waals surface area (Å²) in [6.07, 6.45) is 0.343. The number of rotatable bonds is 11. The fraction of sp³-hybridized carbons (Fsp3) is 0.364. The second kappa shape index (κ2) is 11.0. The van der Waals surface area contributed by atoms with Crippen molar-refractivity contribution >= 4 is 27.5 Å². The lowest BCUT2D eigenvalue weighted by Gasteiger charge is -2.16. The number of nitrogen functional groups attached to an aromatic ring is 1. The van der Waals surface area contributed by atoms with Crippen LogP contribution in [0.2, 0.25) is 0 Å². The van der Waals surface area contributed by atoms with Gasteiger partial charge in [-0.3, -0.25) is 10.2 Å². The molecule has 0 aliphatic carbocycles. The molecule has 174 valence electrons. The molecule has 0 unspecified atom stereocenters. The van der Waals surface area contributed by atoms with Crippen LogP contribution in [-0.4, -0.2) is 45.0 Å². The van der Waals surface area contributed by atoms with Crippen molar-refractivity contribution in [3.8, 4) is 5.75 Å². The van der Waals surface area contributed by atoms with E-state index >= 15 is 0 Å². The number of anilines is 1. The van der Waals surface area contributed by atoms with Crippen LogP contribution in [0.15, 0.2) is 41.3 Å². The van der Waals surface area contributed by atoms with Crippen molar-refractivity contribution in [2.24, 2.45) is 5.73 Å². The van der Waals surface area contributed by atoms with Gasteiger partial charge in [0.2, 0.25) is 10.0 Å². The Bertz CT molecular complexity index is 1080. The van der Waals surface area contributed by atoms with Crippen molar-refractivity contribution in [1.29, 1.82) is 5.41 Å². The molecule has 9 nitrogen and oxygen atoms in total. The van der Waals surface area contributed by atoms with Gasteiger partial charge in [0, 0.05) is 17.8 Å². The van der Waals surface area contributed by atoms with E-state index in [2.05, 4.69) is 23.9 Å². The molecular weight excluding hydrogens is 432 g/mol. The third kappa shape index (κ3) is 6.69. The van der Waals surface area contributed by atoms with Crippen molar-refractivity contribution in [1.82, 2.24) is 4.72 Å². The number of carbonyl (C=O) groups is 1. The van der Waals surface area contributed by atoms with Crippen molar-refractivity contribution in [2.75, 3.05) is 25.0 Å². The number of amidine groups is 1. The average Bonchev–Trinajstić information content (AvgIpc) is 2.72. The van der Waals surface area contributed by atoms with E-state index in [4.69, 9.17) is 15.9 Å². The summed E-state index contributed by atoms with van der Waals surface area (Å²) in [6, 6.07) is 9.51. The summed E-state index contributed by atoms with van der Waals surface area (Å²) in [4.78, 5) is 11.4. The van der Waals surface area contributed by atoms with Crippen LogP contribution in [0, 0.1) is 5.41 Å². The average molecular weight is 463 g/mol. The molecule has 0 saturated heterocycles. The number of phenolic OH excluding ortho intramolecular Hbond substituents is 1. The predicted octanol–water partition coefficient (Wildman–Crippen LogP) is 2.30. The van der Waals surface area contributed by atoms with Gasteiger partial charge in [-0.1, -0.05) is 26.0 Å². The molecule has 0 aliphatic heterocycles. The molecule has 0 radical (unpaired) electrons. The normalized spacial score (nSPS) is 11.4. The van der Waals surface area contributed by atoms with Crippen LogP contribution in [0.5, 0.6) is 5.75 Å². The Morgan fingerprint density at radius 3 is 2.56 bits per heavy atom. The summed E-state index contributed by atoms with van der Waals surface area (Å²) in [6.45, 7) is 6.19. The van der Waals surface area contributed by atoms with Gasteiger partial charge in [0.25, 0.3) is 0 Å². The molecule has 2 aromatic carbocycles. The monoisotopic (exact) mass is 462 g/mol. The second-order valence-corrected chi connectivity index (χ2v) is 9.21. The molecule has 6 N–H and O–H groups in total. The van der Waals surface area contributed by atoms with Gasteiger partial charge in [0.15, 0.2) is 0 Å². The molecule has 0 aliphatic rings. The maximum atomic E-state index is 12.7. The highest BCUT2D eigenvalue weighted by molar-refractivity contribution is 7.89. The van der Waals surface area contributed by atoms with Gasteiger partial charge in [-0.25, -0.2) is 13.1 Å². The molecule has 32 heavy (non-hydrogen) atoms. The maximum absolute atomic E-state index is 12.7. The largest absolute Gasteiger partial charge is 0.507 e. The lowest BCUT2D eigenvalue weighted by Crippen LogP contribution is -2.27. The Balaban J connectivity index is 2.16. The van der Waals surface area contributed by atoms with E-state index in [1.807, 2.05) is 18.2 Å². The molecule has 2 aromatic rings. The minimum absolute atomic E-state index is 0.000172. The van der Waals surface area contributed by atoms with E-state index in [1.165, 1.54) is 12.1 Å². The van der Waals surface area contributed by atoms with Crippen LogP contribution in [0.3, 0.4) is 0 Å². The lowest BCUT2D eigenvalue weighted by atomic mass is 9.99. The van der Waals surface area contributed by atoms with E-state index in [9.17, 15) is 18.3 Å². The van der Waals surface area contributed by atoms with Gasteiger partial charge < -0.3 is 20.9 Å². The number of benzene rings is 2. The molecule has 10 heteroatoms. The molecule has 0 heterocycles. The number of esters is 1. The molecule has 0 fully saturated rings. The highest BCUT2D eigenvalue weighted by Crippen LogP contribution is 2.25. The Morgan fingerprint density at radius 1 is 1.22 bits per heavy atom. The van der Waals surface area contributed by atoms with Gasteiger partial charge in [0.05, 0.1) is 6.61 Å². The Hall–Kier alpha value is -3.11. The highest BCUT2D eigenvalue weighted by Gasteiger charge is 2.20. The zero-order chi connectivity index (χ0) is 23.9. The quantitative estimate of drug-likeness (QED) is 0.195. The molecular formula is C22H30N4O5S.